The van der Waals surface area contributed by atoms with Crippen LogP contribution in [-0.4, -0.2) is 5.84 Å². The predicted octanol–water partition coefficient (Wildman–Crippen LogP) is 6.49. The molecule has 0 unspecified atom stereocenters. The Morgan fingerprint density at radius 1 is 0.920 bits per heavy atom. The summed E-state index contributed by atoms with van der Waals surface area (Å²) in [5.41, 5.74) is 7.70. The van der Waals surface area contributed by atoms with E-state index in [4.69, 9.17) is 11.1 Å². The highest BCUT2D eigenvalue weighted by atomic mass is 35.5. The average molecular weight is 365 g/mol. The lowest BCUT2D eigenvalue weighted by atomic mass is 9.78. The van der Waals surface area contributed by atoms with E-state index in [1.165, 1.54) is 76.2 Å². The highest BCUT2D eigenvalue weighted by Gasteiger charge is 2.20. The summed E-state index contributed by atoms with van der Waals surface area (Å²) in [6, 6.07) is 8.19. The van der Waals surface area contributed by atoms with Crippen molar-refractivity contribution in [2.45, 2.75) is 84.0 Å². The molecule has 1 fully saturated rings. The van der Waals surface area contributed by atoms with Crippen molar-refractivity contribution in [1.82, 2.24) is 0 Å². The molecule has 1 aromatic rings. The fourth-order valence-electron chi connectivity index (χ4n) is 4.10. The van der Waals surface area contributed by atoms with Crippen LogP contribution in [0.5, 0.6) is 0 Å². The van der Waals surface area contributed by atoms with Gasteiger partial charge in [0.1, 0.15) is 5.84 Å². The maximum atomic E-state index is 7.43. The van der Waals surface area contributed by atoms with E-state index < -0.39 is 0 Å². The lowest BCUT2D eigenvalue weighted by Crippen LogP contribution is -2.14. The third kappa shape index (κ3) is 8.27. The van der Waals surface area contributed by atoms with Crippen LogP contribution in [0.2, 0.25) is 0 Å². The van der Waals surface area contributed by atoms with Crippen molar-refractivity contribution in [3.05, 3.63) is 35.4 Å². The number of rotatable bonds is 10. The molecule has 3 heteroatoms. The third-order valence-electron chi connectivity index (χ3n) is 5.78. The molecule has 1 aliphatic rings. The number of hydrogen-bond acceptors (Lipinski definition) is 1. The molecule has 0 aromatic heterocycles. The summed E-state index contributed by atoms with van der Waals surface area (Å²) in [5.74, 6) is 2.19. The SMILES string of the molecule is CCCCCC1CCC(CCCCc2ccc(C(=N)N)cc2)CC1.Cl. The van der Waals surface area contributed by atoms with Crippen LogP contribution >= 0.6 is 12.4 Å². The van der Waals surface area contributed by atoms with Gasteiger partial charge in [0.15, 0.2) is 0 Å². The van der Waals surface area contributed by atoms with Crippen LogP contribution in [0.15, 0.2) is 24.3 Å². The van der Waals surface area contributed by atoms with Gasteiger partial charge in [-0.2, -0.15) is 0 Å². The maximum Gasteiger partial charge on any atom is 0.122 e. The van der Waals surface area contributed by atoms with Gasteiger partial charge >= 0.3 is 0 Å². The first kappa shape index (κ1) is 22.0. The number of halogens is 1. The first-order chi connectivity index (χ1) is 11.7. The summed E-state index contributed by atoms with van der Waals surface area (Å²) < 4.78 is 0. The summed E-state index contributed by atoms with van der Waals surface area (Å²) in [6.45, 7) is 2.30. The molecule has 0 bridgehead atoms. The Bertz CT molecular complexity index is 475. The van der Waals surface area contributed by atoms with Crippen LogP contribution < -0.4 is 5.73 Å². The summed E-state index contributed by atoms with van der Waals surface area (Å²) in [6.07, 6.45) is 16.9. The van der Waals surface area contributed by atoms with Gasteiger partial charge in [-0.3, -0.25) is 5.41 Å². The number of nitrogens with one attached hydrogen (secondary N) is 1. The van der Waals surface area contributed by atoms with Crippen molar-refractivity contribution in [1.29, 1.82) is 5.41 Å². The highest BCUT2D eigenvalue weighted by Crippen LogP contribution is 2.34. The third-order valence-corrected chi connectivity index (χ3v) is 5.78. The zero-order valence-corrected chi connectivity index (χ0v) is 16.8. The van der Waals surface area contributed by atoms with E-state index in [0.717, 1.165) is 23.8 Å². The van der Waals surface area contributed by atoms with Crippen molar-refractivity contribution in [3.8, 4) is 0 Å². The molecule has 1 saturated carbocycles. The van der Waals surface area contributed by atoms with Gasteiger partial charge < -0.3 is 5.73 Å². The van der Waals surface area contributed by atoms with Gasteiger partial charge in [-0.25, -0.2) is 0 Å². The lowest BCUT2D eigenvalue weighted by molar-refractivity contribution is 0.245. The van der Waals surface area contributed by atoms with Gasteiger partial charge in [-0.15, -0.1) is 12.4 Å². The number of aryl methyl sites for hydroxylation is 1. The van der Waals surface area contributed by atoms with Crippen molar-refractivity contribution in [2.24, 2.45) is 17.6 Å². The van der Waals surface area contributed by atoms with Crippen molar-refractivity contribution in [2.75, 3.05) is 0 Å². The number of nitrogens with two attached hydrogens (primary N) is 1. The molecular formula is C22H37ClN2. The molecule has 2 rings (SSSR count). The molecule has 0 atom stereocenters. The van der Waals surface area contributed by atoms with Gasteiger partial charge in [0.2, 0.25) is 0 Å². The van der Waals surface area contributed by atoms with E-state index in [-0.39, 0.29) is 18.2 Å². The Morgan fingerprint density at radius 3 is 1.92 bits per heavy atom. The molecule has 0 aliphatic heterocycles. The number of unbranched alkanes of at least 4 members (excludes halogenated alkanes) is 3. The average Bonchev–Trinajstić information content (AvgIpc) is 2.60. The molecule has 1 aromatic carbocycles. The van der Waals surface area contributed by atoms with Gasteiger partial charge in [0, 0.05) is 5.56 Å². The van der Waals surface area contributed by atoms with Crippen LogP contribution in [0, 0.1) is 17.2 Å². The smallest absolute Gasteiger partial charge is 0.122 e. The second-order valence-electron chi connectivity index (χ2n) is 7.74. The fourth-order valence-corrected chi connectivity index (χ4v) is 4.10. The van der Waals surface area contributed by atoms with E-state index in [0.29, 0.717) is 0 Å². The Morgan fingerprint density at radius 2 is 1.44 bits per heavy atom. The number of amidine groups is 1. The molecule has 0 spiro atoms. The van der Waals surface area contributed by atoms with E-state index in [1.54, 1.807) is 0 Å². The van der Waals surface area contributed by atoms with E-state index in [9.17, 15) is 0 Å². The first-order valence-electron chi connectivity index (χ1n) is 10.1. The van der Waals surface area contributed by atoms with Crippen LogP contribution in [0.3, 0.4) is 0 Å². The molecule has 0 saturated heterocycles. The highest BCUT2D eigenvalue weighted by molar-refractivity contribution is 5.94. The monoisotopic (exact) mass is 364 g/mol. The summed E-state index contributed by atoms with van der Waals surface area (Å²) in [4.78, 5) is 0. The lowest BCUT2D eigenvalue weighted by Gasteiger charge is -2.28. The van der Waals surface area contributed by atoms with Crippen LogP contribution in [-0.2, 0) is 6.42 Å². The molecule has 25 heavy (non-hydrogen) atoms. The fraction of sp³-hybridized carbons (Fsp3) is 0.682. The normalized spacial score (nSPS) is 20.0. The van der Waals surface area contributed by atoms with E-state index >= 15 is 0 Å². The molecule has 2 nitrogen and oxygen atoms in total. The topological polar surface area (TPSA) is 49.9 Å². The van der Waals surface area contributed by atoms with E-state index in [1.807, 2.05) is 12.1 Å². The summed E-state index contributed by atoms with van der Waals surface area (Å²) in [5, 5.41) is 7.43. The van der Waals surface area contributed by atoms with E-state index in [2.05, 4.69) is 19.1 Å². The molecule has 142 valence electrons. The van der Waals surface area contributed by atoms with Crippen LogP contribution in [0.4, 0.5) is 0 Å². The van der Waals surface area contributed by atoms with Crippen molar-refractivity contribution in [3.63, 3.8) is 0 Å². The summed E-state index contributed by atoms with van der Waals surface area (Å²) >= 11 is 0. The first-order valence-corrected chi connectivity index (χ1v) is 10.1. The minimum absolute atomic E-state index is 0. The van der Waals surface area contributed by atoms with Crippen molar-refractivity contribution < 1.29 is 0 Å². The summed E-state index contributed by atoms with van der Waals surface area (Å²) in [7, 11) is 0. The predicted molar refractivity (Wildman–Crippen MR) is 112 cm³/mol. The molecular weight excluding hydrogens is 328 g/mol. The molecule has 3 N–H and O–H groups in total. The minimum Gasteiger partial charge on any atom is -0.384 e. The Balaban J connectivity index is 0.00000312. The molecule has 0 amide bonds. The zero-order valence-electron chi connectivity index (χ0n) is 15.9. The van der Waals surface area contributed by atoms with Gasteiger partial charge in [0.25, 0.3) is 0 Å². The minimum atomic E-state index is 0. The van der Waals surface area contributed by atoms with Crippen molar-refractivity contribution >= 4 is 18.2 Å². The standard InChI is InChI=1S/C22H36N2.ClH/c1-2-3-4-7-18-10-12-19(13-11-18)8-5-6-9-20-14-16-21(17-15-20)22(23)24;/h14-19H,2-13H2,1H3,(H3,23,24);1H. The number of hydrogen-bond donors (Lipinski definition) is 2. The molecule has 0 heterocycles. The van der Waals surface area contributed by atoms with Crippen LogP contribution in [0.1, 0.15) is 88.7 Å². The van der Waals surface area contributed by atoms with Crippen LogP contribution in [0.25, 0.3) is 0 Å². The Labute approximate surface area is 160 Å². The Kier molecular flexibility index (Phi) is 10.9. The van der Waals surface area contributed by atoms with Gasteiger partial charge in [-0.1, -0.05) is 95.4 Å². The van der Waals surface area contributed by atoms with Gasteiger partial charge in [0.05, 0.1) is 0 Å². The largest absolute Gasteiger partial charge is 0.384 e. The Hall–Kier alpha value is -1.02. The molecule has 1 aliphatic carbocycles. The quantitative estimate of drug-likeness (QED) is 0.278. The number of benzene rings is 1. The second-order valence-corrected chi connectivity index (χ2v) is 7.74. The number of nitrogen functional groups attached to an aromatic ring is 1. The second kappa shape index (κ2) is 12.4. The molecule has 0 radical (unpaired) electrons. The maximum absolute atomic E-state index is 7.43. The zero-order chi connectivity index (χ0) is 17.2. The van der Waals surface area contributed by atoms with Gasteiger partial charge in [-0.05, 0) is 30.2 Å².